The van der Waals surface area contributed by atoms with Gasteiger partial charge in [0.25, 0.3) is 0 Å². The van der Waals surface area contributed by atoms with Gasteiger partial charge in [0.05, 0.1) is 10.2 Å². The summed E-state index contributed by atoms with van der Waals surface area (Å²) in [7, 11) is 0. The molecule has 3 aromatic carbocycles. The minimum Gasteiger partial charge on any atom is -0.298 e. The molecule has 8 aromatic rings. The third kappa shape index (κ3) is 1.93. The van der Waals surface area contributed by atoms with E-state index in [0.717, 1.165) is 16.4 Å². The topological polar surface area (TPSA) is 30.2 Å². The van der Waals surface area contributed by atoms with E-state index in [-0.39, 0.29) is 0 Å². The van der Waals surface area contributed by atoms with Gasteiger partial charge in [0.2, 0.25) is 0 Å². The van der Waals surface area contributed by atoms with Gasteiger partial charge in [-0.05, 0) is 18.2 Å². The Morgan fingerprint density at radius 1 is 0.645 bits per heavy atom. The van der Waals surface area contributed by atoms with Gasteiger partial charge in [-0.2, -0.15) is 0 Å². The van der Waals surface area contributed by atoms with Gasteiger partial charge in [-0.1, -0.05) is 36.4 Å². The van der Waals surface area contributed by atoms with Crippen LogP contribution < -0.4 is 0 Å². The molecular formula is C26H13N3S2. The Morgan fingerprint density at radius 3 is 2.52 bits per heavy atom. The molecule has 0 aliphatic rings. The van der Waals surface area contributed by atoms with Crippen LogP contribution in [0.4, 0.5) is 0 Å². The number of nitrogens with zero attached hydrogens (tertiary/aromatic N) is 3. The maximum atomic E-state index is 4.68. The first kappa shape index (κ1) is 16.2. The van der Waals surface area contributed by atoms with Gasteiger partial charge in [-0.25, -0.2) is 4.98 Å². The first-order valence-corrected chi connectivity index (χ1v) is 11.8. The number of hydrogen-bond donors (Lipinski definition) is 0. The van der Waals surface area contributed by atoms with Crippen molar-refractivity contribution in [1.82, 2.24) is 14.4 Å². The molecule has 0 aliphatic carbocycles. The quantitative estimate of drug-likeness (QED) is 0.230. The Kier molecular flexibility index (Phi) is 2.91. The molecule has 0 saturated heterocycles. The van der Waals surface area contributed by atoms with Crippen molar-refractivity contribution in [2.75, 3.05) is 0 Å². The Bertz CT molecular complexity index is 2010. The SMILES string of the molecule is c1ccc2c(c1)sc1c2ccc2sc3c(ccc4c5cnccc5c5nccn5c43)c21. The lowest BCUT2D eigenvalue weighted by molar-refractivity contribution is 1.28. The van der Waals surface area contributed by atoms with Gasteiger partial charge >= 0.3 is 0 Å². The molecule has 0 aliphatic heterocycles. The molecule has 31 heavy (non-hydrogen) atoms. The largest absolute Gasteiger partial charge is 0.298 e. The van der Waals surface area contributed by atoms with E-state index in [9.17, 15) is 0 Å². The highest BCUT2D eigenvalue weighted by molar-refractivity contribution is 7.30. The zero-order valence-electron chi connectivity index (χ0n) is 16.2. The second kappa shape index (κ2) is 5.58. The third-order valence-corrected chi connectivity index (χ3v) is 8.74. The summed E-state index contributed by atoms with van der Waals surface area (Å²) in [5.74, 6) is 0. The van der Waals surface area contributed by atoms with E-state index in [2.05, 4.69) is 75.2 Å². The van der Waals surface area contributed by atoms with Gasteiger partial charge in [-0.3, -0.25) is 9.38 Å². The summed E-state index contributed by atoms with van der Waals surface area (Å²) in [5, 5.41) is 8.91. The van der Waals surface area contributed by atoms with Gasteiger partial charge < -0.3 is 0 Å². The summed E-state index contributed by atoms with van der Waals surface area (Å²) < 4.78 is 7.62. The number of imidazole rings is 1. The summed E-state index contributed by atoms with van der Waals surface area (Å²) in [4.78, 5) is 9.09. The second-order valence-electron chi connectivity index (χ2n) is 7.90. The van der Waals surface area contributed by atoms with E-state index in [1.165, 1.54) is 51.2 Å². The lowest BCUT2D eigenvalue weighted by Crippen LogP contribution is -1.91. The minimum absolute atomic E-state index is 0.988. The van der Waals surface area contributed by atoms with Gasteiger partial charge in [0.1, 0.15) is 5.65 Å². The van der Waals surface area contributed by atoms with Crippen molar-refractivity contribution < 1.29 is 0 Å². The van der Waals surface area contributed by atoms with Crippen molar-refractivity contribution in [1.29, 1.82) is 0 Å². The van der Waals surface area contributed by atoms with Crippen molar-refractivity contribution in [2.45, 2.75) is 0 Å². The number of thiophene rings is 2. The normalized spacial score (nSPS) is 12.5. The Balaban J connectivity index is 1.66. The lowest BCUT2D eigenvalue weighted by atomic mass is 10.0. The Labute approximate surface area is 183 Å². The number of fused-ring (bicyclic) bond motifs is 14. The van der Waals surface area contributed by atoms with Crippen LogP contribution in [0.15, 0.2) is 79.4 Å². The average molecular weight is 432 g/mol. The van der Waals surface area contributed by atoms with Crippen LogP contribution in [-0.4, -0.2) is 14.4 Å². The van der Waals surface area contributed by atoms with Gasteiger partial charge in [-0.15, -0.1) is 22.7 Å². The van der Waals surface area contributed by atoms with E-state index in [1.54, 1.807) is 0 Å². The van der Waals surface area contributed by atoms with Crippen LogP contribution in [-0.2, 0) is 0 Å². The highest BCUT2D eigenvalue weighted by atomic mass is 32.1. The zero-order chi connectivity index (χ0) is 20.1. The van der Waals surface area contributed by atoms with E-state index >= 15 is 0 Å². The van der Waals surface area contributed by atoms with Crippen molar-refractivity contribution >= 4 is 90.3 Å². The molecule has 0 spiro atoms. The molecule has 8 rings (SSSR count). The van der Waals surface area contributed by atoms with Crippen LogP contribution in [0.5, 0.6) is 0 Å². The number of aromatic nitrogens is 3. The maximum Gasteiger partial charge on any atom is 0.145 e. The van der Waals surface area contributed by atoms with Crippen LogP contribution >= 0.6 is 22.7 Å². The zero-order valence-corrected chi connectivity index (χ0v) is 17.8. The van der Waals surface area contributed by atoms with E-state index < -0.39 is 0 Å². The summed E-state index contributed by atoms with van der Waals surface area (Å²) in [5.41, 5.74) is 2.21. The standard InChI is InChI=1S/C26H13N3S2/c1-2-4-20-14(3-1)16-7-8-21-22(24(16)30-20)18-6-5-15-19-13-27-10-9-17(19)26-28-11-12-29(26)23(15)25(18)31-21/h1-13H. The fourth-order valence-corrected chi connectivity index (χ4v) is 7.62. The number of benzene rings is 3. The van der Waals surface area contributed by atoms with Gasteiger partial charge in [0.15, 0.2) is 0 Å². The Hall–Kier alpha value is -3.54. The molecule has 0 atom stereocenters. The highest BCUT2D eigenvalue weighted by Crippen LogP contribution is 2.46. The molecule has 5 heteroatoms. The predicted octanol–water partition coefficient (Wildman–Crippen LogP) is 7.77. The first-order chi connectivity index (χ1) is 15.4. The summed E-state index contributed by atoms with van der Waals surface area (Å²) in [6.45, 7) is 0. The lowest BCUT2D eigenvalue weighted by Gasteiger charge is -2.08. The molecule has 0 bridgehead atoms. The van der Waals surface area contributed by atoms with Crippen LogP contribution in [0.25, 0.3) is 67.7 Å². The molecule has 0 amide bonds. The van der Waals surface area contributed by atoms with Crippen molar-refractivity contribution in [3.8, 4) is 0 Å². The molecule has 0 N–H and O–H groups in total. The molecule has 144 valence electrons. The minimum atomic E-state index is 0.988. The van der Waals surface area contributed by atoms with Crippen LogP contribution in [0, 0.1) is 0 Å². The molecule has 0 fully saturated rings. The third-order valence-electron chi connectivity index (χ3n) is 6.36. The monoisotopic (exact) mass is 431 g/mol. The molecule has 5 aromatic heterocycles. The smallest absolute Gasteiger partial charge is 0.145 e. The van der Waals surface area contributed by atoms with E-state index in [1.807, 2.05) is 41.3 Å². The fourth-order valence-electron chi connectivity index (χ4n) is 5.04. The fraction of sp³-hybridized carbons (Fsp3) is 0. The van der Waals surface area contributed by atoms with Crippen molar-refractivity contribution in [3.05, 3.63) is 79.4 Å². The van der Waals surface area contributed by atoms with E-state index in [0.29, 0.717) is 0 Å². The predicted molar refractivity (Wildman–Crippen MR) is 134 cm³/mol. The number of rotatable bonds is 0. The molecule has 0 unspecified atom stereocenters. The average Bonchev–Trinajstić information content (AvgIpc) is 3.53. The van der Waals surface area contributed by atoms with Crippen LogP contribution in [0.2, 0.25) is 0 Å². The van der Waals surface area contributed by atoms with E-state index in [4.69, 9.17) is 0 Å². The van der Waals surface area contributed by atoms with Crippen LogP contribution in [0.3, 0.4) is 0 Å². The maximum absolute atomic E-state index is 4.68. The molecule has 5 heterocycles. The molecular weight excluding hydrogens is 418 g/mol. The number of pyridine rings is 2. The summed E-state index contributed by atoms with van der Waals surface area (Å²) in [6.07, 6.45) is 7.79. The molecule has 0 radical (unpaired) electrons. The summed E-state index contributed by atoms with van der Waals surface area (Å²) >= 11 is 3.78. The van der Waals surface area contributed by atoms with Crippen molar-refractivity contribution in [2.24, 2.45) is 0 Å². The first-order valence-electron chi connectivity index (χ1n) is 10.2. The molecule has 0 saturated carbocycles. The molecule has 3 nitrogen and oxygen atoms in total. The Morgan fingerprint density at radius 2 is 1.52 bits per heavy atom. The second-order valence-corrected chi connectivity index (χ2v) is 10.0. The van der Waals surface area contributed by atoms with Crippen LogP contribution in [0.1, 0.15) is 0 Å². The summed E-state index contributed by atoms with van der Waals surface area (Å²) in [6, 6.07) is 19.9. The highest BCUT2D eigenvalue weighted by Gasteiger charge is 2.18. The van der Waals surface area contributed by atoms with Crippen molar-refractivity contribution in [3.63, 3.8) is 0 Å². The number of hydrogen-bond acceptors (Lipinski definition) is 4. The van der Waals surface area contributed by atoms with Gasteiger partial charge in [0, 0.05) is 76.6 Å².